The normalized spacial score (nSPS) is 24.8. The van der Waals surface area contributed by atoms with Gasteiger partial charge >= 0.3 is 7.12 Å². The van der Waals surface area contributed by atoms with Crippen LogP contribution < -0.4 is 5.46 Å². The molecule has 0 aromatic heterocycles. The molecule has 0 bridgehead atoms. The number of hydrogen-bond acceptors (Lipinski definition) is 3. The number of nitrogens with zero attached hydrogens (tertiary/aromatic N) is 1. The topological polar surface area (TPSA) is 21.7 Å². The molecule has 0 unspecified atom stereocenters. The Morgan fingerprint density at radius 2 is 1.67 bits per heavy atom. The lowest BCUT2D eigenvalue weighted by molar-refractivity contribution is 0.00578. The van der Waals surface area contributed by atoms with Crippen molar-refractivity contribution in [3.05, 3.63) is 42.0 Å². The summed E-state index contributed by atoms with van der Waals surface area (Å²) in [6.45, 7) is 13.2. The molecule has 2 fully saturated rings. The van der Waals surface area contributed by atoms with E-state index in [0.717, 1.165) is 17.9 Å². The molecule has 4 heteroatoms. The third-order valence-corrected chi connectivity index (χ3v) is 6.83. The van der Waals surface area contributed by atoms with Gasteiger partial charge in [-0.3, -0.25) is 0 Å². The van der Waals surface area contributed by atoms with Gasteiger partial charge in [0, 0.05) is 12.6 Å². The van der Waals surface area contributed by atoms with Crippen molar-refractivity contribution >= 4 is 23.4 Å². The highest BCUT2D eigenvalue weighted by Gasteiger charge is 2.51. The fraction of sp³-hybridized carbons (Fsp3) is 0.565. The van der Waals surface area contributed by atoms with Crippen LogP contribution in [0.5, 0.6) is 0 Å². The molecule has 27 heavy (non-hydrogen) atoms. The largest absolute Gasteiger partial charge is 0.494 e. The molecule has 4 rings (SSSR count). The van der Waals surface area contributed by atoms with E-state index in [9.17, 15) is 0 Å². The van der Waals surface area contributed by atoms with E-state index < -0.39 is 0 Å². The van der Waals surface area contributed by atoms with Crippen molar-refractivity contribution < 1.29 is 9.31 Å². The van der Waals surface area contributed by atoms with Gasteiger partial charge in [0.15, 0.2) is 0 Å². The Kier molecular flexibility index (Phi) is 4.86. The minimum Gasteiger partial charge on any atom is -0.399 e. The van der Waals surface area contributed by atoms with E-state index in [1.165, 1.54) is 42.3 Å². The zero-order valence-corrected chi connectivity index (χ0v) is 17.4. The van der Waals surface area contributed by atoms with Gasteiger partial charge < -0.3 is 14.2 Å². The second kappa shape index (κ2) is 6.91. The zero-order valence-electron chi connectivity index (χ0n) is 17.4. The standard InChI is InChI=1S/C23H32BNO2/c1-17-7-6-13-25(17)14-12-18-8-9-20-16-21(11-10-19(20)15-18)24-26-22(2,3)23(4,5)27-24/h8-11,15-17H,6-7,12-14H2,1-5H3/t17-/m1/s1. The molecule has 2 aromatic rings. The summed E-state index contributed by atoms with van der Waals surface area (Å²) < 4.78 is 12.4. The molecule has 0 radical (unpaired) electrons. The van der Waals surface area contributed by atoms with Crippen LogP contribution in [0.25, 0.3) is 10.8 Å². The molecular weight excluding hydrogens is 333 g/mol. The van der Waals surface area contributed by atoms with Gasteiger partial charge in [0.05, 0.1) is 11.2 Å². The Morgan fingerprint density at radius 3 is 2.33 bits per heavy atom. The summed E-state index contributed by atoms with van der Waals surface area (Å²) in [7, 11) is -0.296. The van der Waals surface area contributed by atoms with Gasteiger partial charge in [-0.05, 0) is 82.2 Å². The molecule has 144 valence electrons. The zero-order chi connectivity index (χ0) is 19.2. The second-order valence-corrected chi connectivity index (χ2v) is 9.31. The van der Waals surface area contributed by atoms with E-state index in [2.05, 4.69) is 75.9 Å². The fourth-order valence-corrected chi connectivity index (χ4v) is 4.19. The van der Waals surface area contributed by atoms with Gasteiger partial charge in [-0.25, -0.2) is 0 Å². The molecule has 2 heterocycles. The molecular formula is C23H32BNO2. The van der Waals surface area contributed by atoms with Crippen LogP contribution in [-0.4, -0.2) is 42.4 Å². The predicted octanol–water partition coefficient (Wildman–Crippen LogP) is 4.17. The predicted molar refractivity (Wildman–Crippen MR) is 114 cm³/mol. The second-order valence-electron chi connectivity index (χ2n) is 9.31. The van der Waals surface area contributed by atoms with Crippen LogP contribution >= 0.6 is 0 Å². The molecule has 2 aliphatic rings. The smallest absolute Gasteiger partial charge is 0.399 e. The maximum Gasteiger partial charge on any atom is 0.494 e. The third-order valence-electron chi connectivity index (χ3n) is 6.83. The van der Waals surface area contributed by atoms with E-state index in [1.54, 1.807) is 0 Å². The minimum atomic E-state index is -0.302. The van der Waals surface area contributed by atoms with Crippen molar-refractivity contribution in [1.29, 1.82) is 0 Å². The SMILES string of the molecule is C[C@@H]1CCCN1CCc1ccc2cc(B3OC(C)(C)C(C)(C)O3)ccc2c1. The molecule has 0 N–H and O–H groups in total. The van der Waals surface area contributed by atoms with E-state index in [4.69, 9.17) is 9.31 Å². The van der Waals surface area contributed by atoms with Gasteiger partial charge in [-0.15, -0.1) is 0 Å². The van der Waals surface area contributed by atoms with Crippen LogP contribution in [0.4, 0.5) is 0 Å². The Balaban J connectivity index is 1.49. The van der Waals surface area contributed by atoms with Crippen molar-refractivity contribution in [3.8, 4) is 0 Å². The molecule has 2 saturated heterocycles. The fourth-order valence-electron chi connectivity index (χ4n) is 4.19. The first kappa shape index (κ1) is 19.0. The lowest BCUT2D eigenvalue weighted by Gasteiger charge is -2.32. The summed E-state index contributed by atoms with van der Waals surface area (Å²) >= 11 is 0. The lowest BCUT2D eigenvalue weighted by atomic mass is 9.78. The highest BCUT2D eigenvalue weighted by molar-refractivity contribution is 6.62. The van der Waals surface area contributed by atoms with Crippen molar-refractivity contribution in [1.82, 2.24) is 4.90 Å². The molecule has 0 spiro atoms. The van der Waals surface area contributed by atoms with Gasteiger partial charge in [-0.2, -0.15) is 0 Å². The summed E-state index contributed by atoms with van der Waals surface area (Å²) in [5.41, 5.74) is 1.91. The molecule has 0 aliphatic carbocycles. The minimum absolute atomic E-state index is 0.296. The quantitative estimate of drug-likeness (QED) is 0.760. The Bertz CT molecular complexity index is 816. The lowest BCUT2D eigenvalue weighted by Crippen LogP contribution is -2.41. The molecule has 1 atom stereocenters. The van der Waals surface area contributed by atoms with Crippen molar-refractivity contribution in [2.75, 3.05) is 13.1 Å². The Morgan fingerprint density at radius 1 is 1.00 bits per heavy atom. The van der Waals surface area contributed by atoms with Crippen molar-refractivity contribution in [2.24, 2.45) is 0 Å². The van der Waals surface area contributed by atoms with Crippen molar-refractivity contribution in [2.45, 2.75) is 71.1 Å². The first-order valence-electron chi connectivity index (χ1n) is 10.4. The van der Waals surface area contributed by atoms with Gasteiger partial charge in [0.2, 0.25) is 0 Å². The van der Waals surface area contributed by atoms with Crippen LogP contribution in [0, 0.1) is 0 Å². The maximum atomic E-state index is 6.20. The van der Waals surface area contributed by atoms with Gasteiger partial charge in [0.25, 0.3) is 0 Å². The molecule has 0 saturated carbocycles. The van der Waals surface area contributed by atoms with Crippen molar-refractivity contribution in [3.63, 3.8) is 0 Å². The molecule has 0 amide bonds. The van der Waals surface area contributed by atoms with E-state index in [0.29, 0.717) is 0 Å². The van der Waals surface area contributed by atoms with Crippen LogP contribution in [-0.2, 0) is 15.7 Å². The number of benzene rings is 2. The highest BCUT2D eigenvalue weighted by atomic mass is 16.7. The number of hydrogen-bond donors (Lipinski definition) is 0. The van der Waals surface area contributed by atoms with Crippen LogP contribution in [0.3, 0.4) is 0 Å². The van der Waals surface area contributed by atoms with Crippen LogP contribution in [0.1, 0.15) is 53.0 Å². The average molecular weight is 365 g/mol. The molecule has 2 aromatic carbocycles. The monoisotopic (exact) mass is 365 g/mol. The summed E-state index contributed by atoms with van der Waals surface area (Å²) in [4.78, 5) is 2.62. The highest BCUT2D eigenvalue weighted by Crippen LogP contribution is 2.36. The number of rotatable bonds is 4. The van der Waals surface area contributed by atoms with Crippen LogP contribution in [0.15, 0.2) is 36.4 Å². The summed E-state index contributed by atoms with van der Waals surface area (Å²) in [6.07, 6.45) is 3.82. The summed E-state index contributed by atoms with van der Waals surface area (Å²) in [5, 5.41) is 2.54. The Labute approximate surface area is 164 Å². The van der Waals surface area contributed by atoms with Gasteiger partial charge in [0.1, 0.15) is 0 Å². The third kappa shape index (κ3) is 3.67. The average Bonchev–Trinajstić information content (AvgIpc) is 3.12. The molecule has 3 nitrogen and oxygen atoms in total. The van der Waals surface area contributed by atoms with E-state index >= 15 is 0 Å². The number of fused-ring (bicyclic) bond motifs is 1. The first-order valence-corrected chi connectivity index (χ1v) is 10.4. The maximum absolute atomic E-state index is 6.20. The summed E-state index contributed by atoms with van der Waals surface area (Å²) in [6, 6.07) is 14.2. The molecule has 2 aliphatic heterocycles. The van der Waals surface area contributed by atoms with Gasteiger partial charge in [-0.1, -0.05) is 36.4 Å². The van der Waals surface area contributed by atoms with E-state index in [-0.39, 0.29) is 18.3 Å². The first-order chi connectivity index (χ1) is 12.7. The number of likely N-dealkylation sites (tertiary alicyclic amines) is 1. The Hall–Kier alpha value is -1.36. The van der Waals surface area contributed by atoms with Crippen LogP contribution in [0.2, 0.25) is 0 Å². The van der Waals surface area contributed by atoms with E-state index in [1.807, 2.05) is 0 Å². The summed E-state index contributed by atoms with van der Waals surface area (Å²) in [5.74, 6) is 0.